The molecule has 1 heterocycles. The van der Waals surface area contributed by atoms with Gasteiger partial charge in [0, 0.05) is 19.6 Å². The molecule has 0 fully saturated rings. The molecule has 19 heavy (non-hydrogen) atoms. The lowest BCUT2D eigenvalue weighted by molar-refractivity contribution is 0.181. The van der Waals surface area contributed by atoms with Crippen LogP contribution in [0.2, 0.25) is 0 Å². The summed E-state index contributed by atoms with van der Waals surface area (Å²) >= 11 is 0. The number of hydrogen-bond donors (Lipinski definition) is 1. The molecule has 0 unspecified atom stereocenters. The number of nitrogens with zero attached hydrogens (tertiary/aromatic N) is 2. The molecule has 1 aromatic heterocycles. The quantitative estimate of drug-likeness (QED) is 0.913. The van der Waals surface area contributed by atoms with Crippen molar-refractivity contribution in [1.82, 2.24) is 9.97 Å². The van der Waals surface area contributed by atoms with E-state index in [-0.39, 0.29) is 0 Å². The Labute approximate surface area is 113 Å². The fourth-order valence-electron chi connectivity index (χ4n) is 1.97. The third-order valence-corrected chi connectivity index (χ3v) is 3.07. The Balaban J connectivity index is 2.24. The lowest BCUT2D eigenvalue weighted by atomic mass is 10.0. The van der Waals surface area contributed by atoms with Crippen LogP contribution in [-0.2, 0) is 17.8 Å². The van der Waals surface area contributed by atoms with Gasteiger partial charge in [0.15, 0.2) is 0 Å². The third kappa shape index (κ3) is 3.51. The van der Waals surface area contributed by atoms with E-state index in [0.29, 0.717) is 18.8 Å². The number of methoxy groups -OCH3 is 1. The summed E-state index contributed by atoms with van der Waals surface area (Å²) in [7, 11) is 1.64. The standard InChI is InChI=1S/C15H19N3O/c1-10-4-5-12(6-11(10)2)7-15-17-13(9-19-3)8-14(16)18-15/h4-6,8H,7,9H2,1-3H3,(H2,16,17,18). The lowest BCUT2D eigenvalue weighted by Crippen LogP contribution is -2.05. The first-order valence-electron chi connectivity index (χ1n) is 6.26. The predicted octanol–water partition coefficient (Wildman–Crippen LogP) is 2.41. The van der Waals surface area contributed by atoms with Gasteiger partial charge in [0.1, 0.15) is 11.6 Å². The van der Waals surface area contributed by atoms with Gasteiger partial charge in [-0.3, -0.25) is 0 Å². The van der Waals surface area contributed by atoms with Crippen molar-refractivity contribution in [2.24, 2.45) is 0 Å². The summed E-state index contributed by atoms with van der Waals surface area (Å²) < 4.78 is 5.08. The zero-order chi connectivity index (χ0) is 13.8. The molecule has 1 aromatic carbocycles. The molecule has 4 nitrogen and oxygen atoms in total. The van der Waals surface area contributed by atoms with Gasteiger partial charge in [-0.05, 0) is 30.5 Å². The molecular formula is C15H19N3O. The SMILES string of the molecule is COCc1cc(N)nc(Cc2ccc(C)c(C)c2)n1. The van der Waals surface area contributed by atoms with Crippen LogP contribution in [0.15, 0.2) is 24.3 Å². The molecule has 0 atom stereocenters. The number of hydrogen-bond acceptors (Lipinski definition) is 4. The van der Waals surface area contributed by atoms with E-state index in [9.17, 15) is 0 Å². The number of benzene rings is 1. The number of nitrogens with two attached hydrogens (primary N) is 1. The van der Waals surface area contributed by atoms with Crippen molar-refractivity contribution in [3.8, 4) is 0 Å². The summed E-state index contributed by atoms with van der Waals surface area (Å²) in [6, 6.07) is 8.13. The van der Waals surface area contributed by atoms with Gasteiger partial charge in [-0.2, -0.15) is 0 Å². The molecule has 0 saturated carbocycles. The minimum atomic E-state index is 0.451. The Morgan fingerprint density at radius 2 is 1.89 bits per heavy atom. The van der Waals surface area contributed by atoms with Crippen LogP contribution in [0.3, 0.4) is 0 Å². The Bertz CT molecular complexity index is 582. The molecule has 0 aliphatic carbocycles. The molecule has 4 heteroatoms. The summed E-state index contributed by atoms with van der Waals surface area (Å²) in [5.41, 5.74) is 10.4. The first-order chi connectivity index (χ1) is 9.08. The maximum Gasteiger partial charge on any atom is 0.135 e. The summed E-state index contributed by atoms with van der Waals surface area (Å²) in [4.78, 5) is 8.73. The predicted molar refractivity (Wildman–Crippen MR) is 75.9 cm³/mol. The van der Waals surface area contributed by atoms with Crippen LogP contribution in [-0.4, -0.2) is 17.1 Å². The second-order valence-electron chi connectivity index (χ2n) is 4.73. The average molecular weight is 257 g/mol. The van der Waals surface area contributed by atoms with E-state index in [1.54, 1.807) is 13.2 Å². The summed E-state index contributed by atoms with van der Waals surface area (Å²) in [5.74, 6) is 1.22. The van der Waals surface area contributed by atoms with Crippen molar-refractivity contribution in [2.45, 2.75) is 26.9 Å². The van der Waals surface area contributed by atoms with E-state index >= 15 is 0 Å². The van der Waals surface area contributed by atoms with Crippen molar-refractivity contribution in [3.63, 3.8) is 0 Å². The number of rotatable bonds is 4. The molecule has 0 saturated heterocycles. The molecule has 2 aromatic rings. The van der Waals surface area contributed by atoms with Crippen LogP contribution in [0.4, 0.5) is 5.82 Å². The van der Waals surface area contributed by atoms with Gasteiger partial charge in [-0.15, -0.1) is 0 Å². The number of aromatic nitrogens is 2. The number of anilines is 1. The largest absolute Gasteiger partial charge is 0.384 e. The van der Waals surface area contributed by atoms with E-state index in [0.717, 1.165) is 11.5 Å². The Morgan fingerprint density at radius 3 is 2.58 bits per heavy atom. The molecule has 0 aliphatic rings. The van der Waals surface area contributed by atoms with E-state index in [1.165, 1.54) is 16.7 Å². The number of nitrogen functional groups attached to an aromatic ring is 1. The summed E-state index contributed by atoms with van der Waals surface area (Å²) in [5, 5.41) is 0. The number of aryl methyl sites for hydroxylation is 2. The molecule has 2 N–H and O–H groups in total. The molecule has 0 spiro atoms. The highest BCUT2D eigenvalue weighted by atomic mass is 16.5. The topological polar surface area (TPSA) is 61.0 Å². The number of ether oxygens (including phenoxy) is 1. The van der Waals surface area contributed by atoms with Crippen molar-refractivity contribution < 1.29 is 4.74 Å². The van der Waals surface area contributed by atoms with E-state index < -0.39 is 0 Å². The van der Waals surface area contributed by atoms with Crippen LogP contribution in [0.5, 0.6) is 0 Å². The molecule has 0 aliphatic heterocycles. The van der Waals surface area contributed by atoms with E-state index in [1.807, 2.05) is 0 Å². The van der Waals surface area contributed by atoms with Gasteiger partial charge in [0.2, 0.25) is 0 Å². The van der Waals surface area contributed by atoms with Crippen LogP contribution in [0, 0.1) is 13.8 Å². The molecule has 0 radical (unpaired) electrons. The molecule has 100 valence electrons. The van der Waals surface area contributed by atoms with E-state index in [2.05, 4.69) is 42.0 Å². The fourth-order valence-corrected chi connectivity index (χ4v) is 1.97. The highest BCUT2D eigenvalue weighted by molar-refractivity contribution is 5.34. The van der Waals surface area contributed by atoms with Gasteiger partial charge in [0.05, 0.1) is 12.3 Å². The van der Waals surface area contributed by atoms with Crippen LogP contribution in [0.25, 0.3) is 0 Å². The zero-order valence-corrected chi connectivity index (χ0v) is 11.6. The Hall–Kier alpha value is -1.94. The van der Waals surface area contributed by atoms with Crippen LogP contribution in [0.1, 0.15) is 28.2 Å². The summed E-state index contributed by atoms with van der Waals surface area (Å²) in [6.07, 6.45) is 0.683. The second kappa shape index (κ2) is 5.80. The highest BCUT2D eigenvalue weighted by Crippen LogP contribution is 2.13. The molecule has 2 rings (SSSR count). The lowest BCUT2D eigenvalue weighted by Gasteiger charge is -2.07. The first kappa shape index (κ1) is 13.5. The maximum atomic E-state index is 5.79. The van der Waals surface area contributed by atoms with Gasteiger partial charge in [-0.1, -0.05) is 18.2 Å². The van der Waals surface area contributed by atoms with Crippen LogP contribution < -0.4 is 5.73 Å². The minimum absolute atomic E-state index is 0.451. The van der Waals surface area contributed by atoms with Gasteiger partial charge in [-0.25, -0.2) is 9.97 Å². The van der Waals surface area contributed by atoms with Gasteiger partial charge < -0.3 is 10.5 Å². The highest BCUT2D eigenvalue weighted by Gasteiger charge is 2.05. The Kier molecular flexibility index (Phi) is 4.12. The third-order valence-electron chi connectivity index (χ3n) is 3.07. The van der Waals surface area contributed by atoms with Crippen molar-refractivity contribution >= 4 is 5.82 Å². The van der Waals surface area contributed by atoms with Crippen molar-refractivity contribution in [1.29, 1.82) is 0 Å². The van der Waals surface area contributed by atoms with Crippen LogP contribution >= 0.6 is 0 Å². The summed E-state index contributed by atoms with van der Waals surface area (Å²) in [6.45, 7) is 4.66. The molecule has 0 amide bonds. The van der Waals surface area contributed by atoms with Crippen molar-refractivity contribution in [2.75, 3.05) is 12.8 Å². The first-order valence-corrected chi connectivity index (χ1v) is 6.26. The van der Waals surface area contributed by atoms with Gasteiger partial charge in [0.25, 0.3) is 0 Å². The van der Waals surface area contributed by atoms with Crippen molar-refractivity contribution in [3.05, 3.63) is 52.5 Å². The average Bonchev–Trinajstić information content (AvgIpc) is 2.33. The second-order valence-corrected chi connectivity index (χ2v) is 4.73. The Morgan fingerprint density at radius 1 is 1.11 bits per heavy atom. The van der Waals surface area contributed by atoms with Gasteiger partial charge >= 0.3 is 0 Å². The maximum absolute atomic E-state index is 5.79. The molecule has 0 bridgehead atoms. The fraction of sp³-hybridized carbons (Fsp3) is 0.333. The normalized spacial score (nSPS) is 10.7. The monoisotopic (exact) mass is 257 g/mol. The smallest absolute Gasteiger partial charge is 0.135 e. The van der Waals surface area contributed by atoms with E-state index in [4.69, 9.17) is 10.5 Å². The molecular weight excluding hydrogens is 238 g/mol. The minimum Gasteiger partial charge on any atom is -0.384 e. The zero-order valence-electron chi connectivity index (χ0n) is 11.6.